The van der Waals surface area contributed by atoms with Crippen LogP contribution in [0.15, 0.2) is 66.7 Å². The molecule has 0 fully saturated rings. The van der Waals surface area contributed by atoms with Gasteiger partial charge in [-0.15, -0.1) is 0 Å². The van der Waals surface area contributed by atoms with Gasteiger partial charge in [0.15, 0.2) is 11.6 Å². The maximum Gasteiger partial charge on any atom is 0.255 e. The zero-order chi connectivity index (χ0) is 20.1. The van der Waals surface area contributed by atoms with Gasteiger partial charge in [-0.1, -0.05) is 29.8 Å². The number of hydrogen-bond donors (Lipinski definition) is 2. The van der Waals surface area contributed by atoms with Crippen molar-refractivity contribution in [3.05, 3.63) is 101 Å². The van der Waals surface area contributed by atoms with Crippen LogP contribution in [0.1, 0.15) is 31.8 Å². The second-order valence-corrected chi connectivity index (χ2v) is 6.33. The molecule has 28 heavy (non-hydrogen) atoms. The first kappa shape index (κ1) is 19.2. The summed E-state index contributed by atoms with van der Waals surface area (Å²) >= 11 is 0. The van der Waals surface area contributed by atoms with Gasteiger partial charge in [0.2, 0.25) is 0 Å². The van der Waals surface area contributed by atoms with Crippen molar-refractivity contribution in [3.63, 3.8) is 0 Å². The van der Waals surface area contributed by atoms with Gasteiger partial charge in [-0.05, 0) is 48.9 Å². The monoisotopic (exact) mass is 380 g/mol. The zero-order valence-electron chi connectivity index (χ0n) is 15.1. The van der Waals surface area contributed by atoms with Crippen LogP contribution < -0.4 is 10.6 Å². The molecule has 3 aromatic rings. The van der Waals surface area contributed by atoms with Crippen molar-refractivity contribution >= 4 is 17.5 Å². The van der Waals surface area contributed by atoms with Crippen LogP contribution in [0.5, 0.6) is 0 Å². The Morgan fingerprint density at radius 1 is 0.821 bits per heavy atom. The van der Waals surface area contributed by atoms with Crippen molar-refractivity contribution in [1.29, 1.82) is 0 Å². The highest BCUT2D eigenvalue weighted by molar-refractivity contribution is 6.05. The smallest absolute Gasteiger partial charge is 0.255 e. The van der Waals surface area contributed by atoms with Gasteiger partial charge in [-0.2, -0.15) is 0 Å². The second-order valence-electron chi connectivity index (χ2n) is 6.33. The highest BCUT2D eigenvalue weighted by Gasteiger charge is 2.11. The van der Waals surface area contributed by atoms with Crippen molar-refractivity contribution in [2.45, 2.75) is 13.5 Å². The van der Waals surface area contributed by atoms with Crippen LogP contribution >= 0.6 is 0 Å². The summed E-state index contributed by atoms with van der Waals surface area (Å²) in [7, 11) is 0. The normalized spacial score (nSPS) is 10.4. The minimum Gasteiger partial charge on any atom is -0.348 e. The molecule has 0 bridgehead atoms. The van der Waals surface area contributed by atoms with E-state index in [1.165, 1.54) is 30.3 Å². The molecule has 0 radical (unpaired) electrons. The molecule has 0 aliphatic rings. The molecule has 0 unspecified atom stereocenters. The van der Waals surface area contributed by atoms with E-state index in [1.54, 1.807) is 0 Å². The number of hydrogen-bond acceptors (Lipinski definition) is 2. The fourth-order valence-corrected chi connectivity index (χ4v) is 2.66. The van der Waals surface area contributed by atoms with Crippen LogP contribution in [0.3, 0.4) is 0 Å². The lowest BCUT2D eigenvalue weighted by atomic mass is 10.1. The summed E-state index contributed by atoms with van der Waals surface area (Å²) in [6, 6.07) is 17.0. The van der Waals surface area contributed by atoms with Gasteiger partial charge >= 0.3 is 0 Å². The summed E-state index contributed by atoms with van der Waals surface area (Å²) in [4.78, 5) is 24.5. The quantitative estimate of drug-likeness (QED) is 0.687. The molecule has 142 valence electrons. The van der Waals surface area contributed by atoms with Gasteiger partial charge in [-0.25, -0.2) is 8.78 Å². The summed E-state index contributed by atoms with van der Waals surface area (Å²) in [6.45, 7) is 2.38. The van der Waals surface area contributed by atoms with E-state index < -0.39 is 17.5 Å². The van der Waals surface area contributed by atoms with E-state index in [9.17, 15) is 18.4 Å². The third-order valence-electron chi connectivity index (χ3n) is 4.12. The van der Waals surface area contributed by atoms with E-state index in [2.05, 4.69) is 10.6 Å². The van der Waals surface area contributed by atoms with Crippen LogP contribution in [0.2, 0.25) is 0 Å². The number of amides is 2. The molecule has 0 spiro atoms. The molecule has 0 atom stereocenters. The van der Waals surface area contributed by atoms with Crippen molar-refractivity contribution in [2.75, 3.05) is 5.32 Å². The minimum atomic E-state index is -1.04. The number of benzene rings is 3. The summed E-state index contributed by atoms with van der Waals surface area (Å²) in [5.41, 5.74) is 2.96. The number of halogens is 2. The Balaban J connectivity index is 1.61. The summed E-state index contributed by atoms with van der Waals surface area (Å²) in [5, 5.41) is 5.31. The Bertz CT molecular complexity index is 1020. The van der Waals surface area contributed by atoms with Crippen LogP contribution in [0.4, 0.5) is 14.5 Å². The van der Waals surface area contributed by atoms with E-state index in [1.807, 2.05) is 31.2 Å². The third-order valence-corrected chi connectivity index (χ3v) is 4.12. The second kappa shape index (κ2) is 8.43. The zero-order valence-corrected chi connectivity index (χ0v) is 15.1. The number of rotatable bonds is 5. The van der Waals surface area contributed by atoms with Gasteiger partial charge in [0.1, 0.15) is 0 Å². The third kappa shape index (κ3) is 4.79. The van der Waals surface area contributed by atoms with E-state index >= 15 is 0 Å². The summed E-state index contributed by atoms with van der Waals surface area (Å²) in [5.74, 6) is -2.77. The molecule has 6 heteroatoms. The molecule has 0 aliphatic carbocycles. The lowest BCUT2D eigenvalue weighted by Crippen LogP contribution is -2.23. The van der Waals surface area contributed by atoms with E-state index in [4.69, 9.17) is 0 Å². The van der Waals surface area contributed by atoms with Crippen molar-refractivity contribution in [3.8, 4) is 0 Å². The highest BCUT2D eigenvalue weighted by Crippen LogP contribution is 2.15. The lowest BCUT2D eigenvalue weighted by molar-refractivity contribution is 0.0949. The van der Waals surface area contributed by atoms with E-state index in [-0.39, 0.29) is 11.6 Å². The van der Waals surface area contributed by atoms with Crippen LogP contribution in [0.25, 0.3) is 0 Å². The molecular weight excluding hydrogens is 362 g/mol. The van der Waals surface area contributed by atoms with Crippen molar-refractivity contribution in [1.82, 2.24) is 5.32 Å². The molecule has 2 N–H and O–H groups in total. The maximum atomic E-state index is 13.2. The first-order valence-electron chi connectivity index (χ1n) is 8.62. The molecule has 2 amide bonds. The first-order valence-corrected chi connectivity index (χ1v) is 8.62. The molecule has 0 aliphatic heterocycles. The van der Waals surface area contributed by atoms with Gasteiger partial charge in [-0.3, -0.25) is 9.59 Å². The predicted molar refractivity (Wildman–Crippen MR) is 103 cm³/mol. The first-order chi connectivity index (χ1) is 13.4. The fraction of sp³-hybridized carbons (Fsp3) is 0.0909. The molecule has 0 saturated heterocycles. The van der Waals surface area contributed by atoms with E-state index in [0.717, 1.165) is 23.3 Å². The topological polar surface area (TPSA) is 58.2 Å². The Morgan fingerprint density at radius 2 is 1.50 bits per heavy atom. The Morgan fingerprint density at radius 3 is 2.14 bits per heavy atom. The number of aryl methyl sites for hydroxylation is 1. The largest absolute Gasteiger partial charge is 0.348 e. The lowest BCUT2D eigenvalue weighted by Gasteiger charge is -2.08. The fourth-order valence-electron chi connectivity index (χ4n) is 2.66. The number of anilines is 1. The summed E-state index contributed by atoms with van der Waals surface area (Å²) < 4.78 is 26.2. The minimum absolute atomic E-state index is 0.142. The average Bonchev–Trinajstić information content (AvgIpc) is 2.69. The Kier molecular flexibility index (Phi) is 5.79. The molecule has 4 nitrogen and oxygen atoms in total. The average molecular weight is 380 g/mol. The SMILES string of the molecule is Cc1cccc(CNC(=O)c2ccc(C(=O)Nc3ccc(F)c(F)c3)cc2)c1. The molecule has 0 saturated carbocycles. The number of nitrogens with one attached hydrogen (secondary N) is 2. The molecular formula is C22H18F2N2O2. The van der Waals surface area contributed by atoms with Crippen LogP contribution in [-0.2, 0) is 6.54 Å². The van der Waals surface area contributed by atoms with Gasteiger partial charge in [0.05, 0.1) is 0 Å². The summed E-state index contributed by atoms with van der Waals surface area (Å²) in [6.07, 6.45) is 0. The molecule has 0 heterocycles. The molecule has 3 aromatic carbocycles. The van der Waals surface area contributed by atoms with Crippen molar-refractivity contribution < 1.29 is 18.4 Å². The van der Waals surface area contributed by atoms with Gasteiger partial charge < -0.3 is 10.6 Å². The van der Waals surface area contributed by atoms with Gasteiger partial charge in [0.25, 0.3) is 11.8 Å². The van der Waals surface area contributed by atoms with Crippen LogP contribution in [-0.4, -0.2) is 11.8 Å². The number of carbonyl (C=O) groups excluding carboxylic acids is 2. The van der Waals surface area contributed by atoms with Gasteiger partial charge in [0, 0.05) is 29.4 Å². The standard InChI is InChI=1S/C22H18F2N2O2/c1-14-3-2-4-15(11-14)13-25-21(27)16-5-7-17(8-6-16)22(28)26-18-9-10-19(23)20(24)12-18/h2-12H,13H2,1H3,(H,25,27)(H,26,28). The number of carbonyl (C=O) groups is 2. The van der Waals surface area contributed by atoms with E-state index in [0.29, 0.717) is 17.7 Å². The molecule has 0 aromatic heterocycles. The Hall–Kier alpha value is -3.54. The highest BCUT2D eigenvalue weighted by atomic mass is 19.2. The predicted octanol–water partition coefficient (Wildman–Crippen LogP) is 4.46. The molecule has 3 rings (SSSR count). The van der Waals surface area contributed by atoms with Crippen LogP contribution in [0, 0.1) is 18.6 Å². The Labute approximate surface area is 161 Å². The van der Waals surface area contributed by atoms with Crippen molar-refractivity contribution in [2.24, 2.45) is 0 Å². The maximum absolute atomic E-state index is 13.2.